The van der Waals surface area contributed by atoms with Crippen molar-refractivity contribution >= 4 is 33.3 Å². The zero-order chi connectivity index (χ0) is 27.0. The van der Waals surface area contributed by atoms with Gasteiger partial charge in [0.2, 0.25) is 16.0 Å². The van der Waals surface area contributed by atoms with E-state index in [0.717, 1.165) is 49.1 Å². The summed E-state index contributed by atoms with van der Waals surface area (Å²) in [6.07, 6.45) is 7.55. The van der Waals surface area contributed by atoms with Gasteiger partial charge >= 0.3 is 0 Å². The molecule has 1 aromatic carbocycles. The monoisotopic (exact) mass is 535 g/mol. The molecule has 11 heteroatoms. The van der Waals surface area contributed by atoms with E-state index in [4.69, 9.17) is 4.98 Å². The lowest BCUT2D eigenvalue weighted by Gasteiger charge is -2.41. The summed E-state index contributed by atoms with van der Waals surface area (Å²) in [5, 5.41) is 3.34. The van der Waals surface area contributed by atoms with Crippen molar-refractivity contribution < 1.29 is 13.2 Å². The van der Waals surface area contributed by atoms with Crippen LogP contribution in [0.15, 0.2) is 42.9 Å². The predicted molar refractivity (Wildman–Crippen MR) is 147 cm³/mol. The highest BCUT2D eigenvalue weighted by molar-refractivity contribution is 7.92. The number of carbonyl (C=O) groups is 1. The van der Waals surface area contributed by atoms with Crippen molar-refractivity contribution in [2.75, 3.05) is 22.8 Å². The van der Waals surface area contributed by atoms with Gasteiger partial charge in [0.1, 0.15) is 0 Å². The van der Waals surface area contributed by atoms with Gasteiger partial charge in [0, 0.05) is 55.4 Å². The number of likely N-dealkylation sites (tertiary alicyclic amines) is 1. The third-order valence-corrected chi connectivity index (χ3v) is 7.68. The number of piperidine rings is 1. The number of nitrogens with one attached hydrogen (secondary N) is 2. The van der Waals surface area contributed by atoms with E-state index < -0.39 is 10.0 Å². The largest absolute Gasteiger partial charge is 0.336 e. The molecule has 2 N–H and O–H groups in total. The Bertz CT molecular complexity index is 1460. The first-order valence-electron chi connectivity index (χ1n) is 12.7. The maximum Gasteiger partial charge on any atom is 0.255 e. The van der Waals surface area contributed by atoms with Gasteiger partial charge in [-0.1, -0.05) is 6.07 Å². The zero-order valence-electron chi connectivity index (χ0n) is 22.1. The summed E-state index contributed by atoms with van der Waals surface area (Å²) in [6, 6.07) is 8.20. The Kier molecular flexibility index (Phi) is 7.06. The van der Waals surface area contributed by atoms with Crippen LogP contribution >= 0.6 is 0 Å². The second-order valence-electron chi connectivity index (χ2n) is 10.4. The number of aryl methyl sites for hydroxylation is 2. The molecular formula is C27H33N7O3S. The van der Waals surface area contributed by atoms with E-state index in [1.165, 1.54) is 29.6 Å². The number of benzene rings is 1. The Morgan fingerprint density at radius 1 is 1.03 bits per heavy atom. The van der Waals surface area contributed by atoms with Crippen molar-refractivity contribution in [2.24, 2.45) is 0 Å². The Labute approximate surface area is 223 Å². The molecule has 200 valence electrons. The molecule has 0 saturated carbocycles. The number of sulfonamides is 1. The average Bonchev–Trinajstić information content (AvgIpc) is 3.25. The van der Waals surface area contributed by atoms with Crippen LogP contribution in [-0.4, -0.2) is 64.0 Å². The summed E-state index contributed by atoms with van der Waals surface area (Å²) in [7, 11) is -3.45. The first kappa shape index (κ1) is 26.1. The predicted octanol–water partition coefficient (Wildman–Crippen LogP) is 3.61. The third-order valence-electron chi connectivity index (χ3n) is 7.07. The Morgan fingerprint density at radius 3 is 2.50 bits per heavy atom. The Balaban J connectivity index is 1.21. The van der Waals surface area contributed by atoms with Crippen molar-refractivity contribution in [3.8, 4) is 0 Å². The van der Waals surface area contributed by atoms with Crippen LogP contribution in [0.4, 0.5) is 17.3 Å². The SMILES string of the molecule is Cc1cc(C)cc(Nc2ncc3c(n2)CN([C@@H]2CCN(C(=O)c4cncc(NS(C)(=O)=O)c4)[C@H](C)C2)C3)c1. The molecule has 2 aliphatic heterocycles. The number of anilines is 3. The molecular weight excluding hydrogens is 502 g/mol. The minimum atomic E-state index is -3.45. The molecule has 5 rings (SSSR count). The van der Waals surface area contributed by atoms with E-state index in [2.05, 4.69) is 63.9 Å². The van der Waals surface area contributed by atoms with Crippen LogP contribution in [0, 0.1) is 13.8 Å². The zero-order valence-corrected chi connectivity index (χ0v) is 22.9. The number of nitrogens with zero attached hydrogens (tertiary/aromatic N) is 5. The fourth-order valence-electron chi connectivity index (χ4n) is 5.45. The van der Waals surface area contributed by atoms with Crippen LogP contribution in [0.5, 0.6) is 0 Å². The number of carbonyl (C=O) groups excluding carboxylic acids is 1. The van der Waals surface area contributed by atoms with Crippen LogP contribution in [0.25, 0.3) is 0 Å². The van der Waals surface area contributed by atoms with E-state index in [0.29, 0.717) is 24.1 Å². The molecule has 2 aliphatic rings. The molecule has 2 atom stereocenters. The summed E-state index contributed by atoms with van der Waals surface area (Å²) in [4.78, 5) is 30.9. The maximum absolute atomic E-state index is 13.2. The average molecular weight is 536 g/mol. The standard InChI is InChI=1S/C27H33N7O3S/c1-17-7-18(2)9-22(8-17)30-27-29-13-21-15-33(16-25(21)31-27)24-5-6-34(19(3)10-24)26(35)20-11-23(14-28-12-20)32-38(4,36)37/h7-9,11-14,19,24,32H,5-6,10,15-16H2,1-4H3,(H,29,30,31)/t19-,24-/m1/s1. The van der Waals surface area contributed by atoms with Crippen LogP contribution in [-0.2, 0) is 23.1 Å². The molecule has 0 spiro atoms. The van der Waals surface area contributed by atoms with E-state index in [1.807, 2.05) is 11.1 Å². The molecule has 0 radical (unpaired) electrons. The highest BCUT2D eigenvalue weighted by Gasteiger charge is 2.35. The molecule has 0 unspecified atom stereocenters. The van der Waals surface area contributed by atoms with Gasteiger partial charge in [0.15, 0.2) is 0 Å². The van der Waals surface area contributed by atoms with Gasteiger partial charge in [-0.15, -0.1) is 0 Å². The van der Waals surface area contributed by atoms with E-state index >= 15 is 0 Å². The second kappa shape index (κ2) is 10.3. The second-order valence-corrected chi connectivity index (χ2v) is 12.2. The summed E-state index contributed by atoms with van der Waals surface area (Å²) in [6.45, 7) is 8.38. The van der Waals surface area contributed by atoms with Gasteiger partial charge < -0.3 is 10.2 Å². The summed E-state index contributed by atoms with van der Waals surface area (Å²) in [5.74, 6) is 0.462. The third kappa shape index (κ3) is 5.94. The molecule has 1 amide bonds. The molecule has 1 saturated heterocycles. The summed E-state index contributed by atoms with van der Waals surface area (Å²) in [5.41, 5.74) is 6.19. The minimum Gasteiger partial charge on any atom is -0.336 e. The van der Waals surface area contributed by atoms with Gasteiger partial charge in [-0.3, -0.25) is 19.4 Å². The van der Waals surface area contributed by atoms with E-state index in [-0.39, 0.29) is 17.6 Å². The number of fused-ring (bicyclic) bond motifs is 1. The van der Waals surface area contributed by atoms with E-state index in [9.17, 15) is 13.2 Å². The van der Waals surface area contributed by atoms with Crippen LogP contribution in [0.2, 0.25) is 0 Å². The van der Waals surface area contributed by atoms with Crippen LogP contribution in [0.1, 0.15) is 52.5 Å². The fraction of sp³-hybridized carbons (Fsp3) is 0.407. The van der Waals surface area contributed by atoms with Gasteiger partial charge in [0.25, 0.3) is 5.91 Å². The summed E-state index contributed by atoms with van der Waals surface area (Å²) < 4.78 is 25.5. The Morgan fingerprint density at radius 2 is 1.79 bits per heavy atom. The molecule has 2 aromatic heterocycles. The molecule has 0 bridgehead atoms. The van der Waals surface area contributed by atoms with Gasteiger partial charge in [-0.05, 0) is 62.9 Å². The topological polar surface area (TPSA) is 120 Å². The molecule has 4 heterocycles. The first-order valence-corrected chi connectivity index (χ1v) is 14.6. The molecule has 38 heavy (non-hydrogen) atoms. The van der Waals surface area contributed by atoms with Gasteiger partial charge in [0.05, 0.1) is 29.4 Å². The minimum absolute atomic E-state index is 0.0318. The Hall–Kier alpha value is -3.57. The number of aromatic nitrogens is 3. The number of rotatable bonds is 6. The van der Waals surface area contributed by atoms with Crippen molar-refractivity contribution in [3.63, 3.8) is 0 Å². The lowest BCUT2D eigenvalue weighted by molar-refractivity contribution is 0.0460. The maximum atomic E-state index is 13.2. The number of amides is 1. The number of pyridine rings is 1. The van der Waals surface area contributed by atoms with Crippen molar-refractivity contribution in [2.45, 2.75) is 58.8 Å². The van der Waals surface area contributed by atoms with Crippen molar-refractivity contribution in [3.05, 3.63) is 70.8 Å². The molecule has 3 aromatic rings. The summed E-state index contributed by atoms with van der Waals surface area (Å²) >= 11 is 0. The quantitative estimate of drug-likeness (QED) is 0.491. The van der Waals surface area contributed by atoms with Crippen molar-refractivity contribution in [1.82, 2.24) is 24.8 Å². The molecule has 10 nitrogen and oxygen atoms in total. The lowest BCUT2D eigenvalue weighted by atomic mass is 9.96. The normalized spacial score (nSPS) is 19.7. The lowest BCUT2D eigenvalue weighted by Crippen LogP contribution is -2.50. The smallest absolute Gasteiger partial charge is 0.255 e. The molecule has 0 aliphatic carbocycles. The number of hydrogen-bond donors (Lipinski definition) is 2. The van der Waals surface area contributed by atoms with Crippen LogP contribution < -0.4 is 10.0 Å². The van der Waals surface area contributed by atoms with Gasteiger partial charge in [-0.2, -0.15) is 0 Å². The number of hydrogen-bond acceptors (Lipinski definition) is 8. The highest BCUT2D eigenvalue weighted by Crippen LogP contribution is 2.31. The first-order chi connectivity index (χ1) is 18.0. The molecule has 1 fully saturated rings. The fourth-order valence-corrected chi connectivity index (χ4v) is 5.99. The van der Waals surface area contributed by atoms with Crippen LogP contribution in [0.3, 0.4) is 0 Å². The highest BCUT2D eigenvalue weighted by atomic mass is 32.2. The van der Waals surface area contributed by atoms with Gasteiger partial charge in [-0.25, -0.2) is 18.4 Å². The van der Waals surface area contributed by atoms with E-state index in [1.54, 1.807) is 0 Å². The van der Waals surface area contributed by atoms with Crippen molar-refractivity contribution in [1.29, 1.82) is 0 Å².